The van der Waals surface area contributed by atoms with Crippen LogP contribution in [0.5, 0.6) is 0 Å². The van der Waals surface area contributed by atoms with Gasteiger partial charge in [0.05, 0.1) is 6.54 Å². The Balaban J connectivity index is 1.57. The third-order valence-corrected chi connectivity index (χ3v) is 4.02. The maximum Gasteiger partial charge on any atom is 0.223 e. The number of hydrogen-bond acceptors (Lipinski definition) is 4. The van der Waals surface area contributed by atoms with Crippen molar-refractivity contribution in [3.8, 4) is 0 Å². The maximum atomic E-state index is 11.8. The lowest BCUT2D eigenvalue weighted by Gasteiger charge is -2.24. The van der Waals surface area contributed by atoms with Gasteiger partial charge in [-0.25, -0.2) is 9.97 Å². The van der Waals surface area contributed by atoms with Crippen LogP contribution in [0.1, 0.15) is 37.9 Å². The Labute approximate surface area is 113 Å². The number of amides is 1. The van der Waals surface area contributed by atoms with Gasteiger partial charge in [-0.2, -0.15) is 0 Å². The molecule has 0 bridgehead atoms. The topological polar surface area (TPSA) is 58.1 Å². The molecule has 1 aromatic rings. The summed E-state index contributed by atoms with van der Waals surface area (Å²) in [6.45, 7) is 2.59. The zero-order valence-electron chi connectivity index (χ0n) is 11.1. The lowest BCUT2D eigenvalue weighted by Crippen LogP contribution is -2.34. The molecule has 2 aliphatic rings. The minimum Gasteiger partial charge on any atom is -0.357 e. The Kier molecular flexibility index (Phi) is 3.62. The van der Waals surface area contributed by atoms with E-state index >= 15 is 0 Å². The Morgan fingerprint density at radius 2 is 2.11 bits per heavy atom. The van der Waals surface area contributed by atoms with Crippen molar-refractivity contribution in [2.45, 2.75) is 38.6 Å². The standard InChI is InChI=1S/C14H20N4O/c19-14(11-4-3-5-11)16-10-12-15-7-6-13(17-12)18-8-1-2-9-18/h6-7,11H,1-5,8-10H2,(H,16,19). The number of aromatic nitrogens is 2. The van der Waals surface area contributed by atoms with E-state index < -0.39 is 0 Å². The molecule has 0 atom stereocenters. The van der Waals surface area contributed by atoms with Crippen molar-refractivity contribution in [2.24, 2.45) is 5.92 Å². The number of nitrogens with zero attached hydrogens (tertiary/aromatic N) is 3. The predicted molar refractivity (Wildman–Crippen MR) is 72.7 cm³/mol. The molecule has 5 heteroatoms. The molecular formula is C14H20N4O. The van der Waals surface area contributed by atoms with Gasteiger partial charge in [-0.1, -0.05) is 6.42 Å². The number of hydrogen-bond donors (Lipinski definition) is 1. The highest BCUT2D eigenvalue weighted by Crippen LogP contribution is 2.26. The van der Waals surface area contributed by atoms with Crippen LogP contribution in [-0.2, 0) is 11.3 Å². The van der Waals surface area contributed by atoms with Crippen molar-refractivity contribution in [3.05, 3.63) is 18.1 Å². The normalized spacial score (nSPS) is 19.3. The number of nitrogens with one attached hydrogen (secondary N) is 1. The van der Waals surface area contributed by atoms with Crippen LogP contribution in [0, 0.1) is 5.92 Å². The first-order valence-corrected chi connectivity index (χ1v) is 7.17. The molecule has 19 heavy (non-hydrogen) atoms. The van der Waals surface area contributed by atoms with Crippen LogP contribution in [0.4, 0.5) is 5.82 Å². The van der Waals surface area contributed by atoms with Crippen LogP contribution in [0.25, 0.3) is 0 Å². The summed E-state index contributed by atoms with van der Waals surface area (Å²) in [6.07, 6.45) is 7.49. The van der Waals surface area contributed by atoms with Gasteiger partial charge >= 0.3 is 0 Å². The van der Waals surface area contributed by atoms with E-state index in [9.17, 15) is 4.79 Å². The number of anilines is 1. The van der Waals surface area contributed by atoms with Crippen LogP contribution in [0.2, 0.25) is 0 Å². The smallest absolute Gasteiger partial charge is 0.223 e. The Hall–Kier alpha value is -1.65. The predicted octanol–water partition coefficient (Wildman–Crippen LogP) is 1.49. The van der Waals surface area contributed by atoms with Gasteiger partial charge in [-0.15, -0.1) is 0 Å². The van der Waals surface area contributed by atoms with E-state index in [0.29, 0.717) is 12.4 Å². The largest absolute Gasteiger partial charge is 0.357 e. The van der Waals surface area contributed by atoms with Crippen molar-refractivity contribution in [3.63, 3.8) is 0 Å². The van der Waals surface area contributed by atoms with Crippen molar-refractivity contribution in [1.29, 1.82) is 0 Å². The molecule has 3 rings (SSSR count). The van der Waals surface area contributed by atoms with Crippen LogP contribution < -0.4 is 10.2 Å². The maximum absolute atomic E-state index is 11.8. The van der Waals surface area contributed by atoms with Gasteiger partial charge in [0.25, 0.3) is 0 Å². The number of rotatable bonds is 4. The van der Waals surface area contributed by atoms with E-state index in [1.54, 1.807) is 6.20 Å². The Morgan fingerprint density at radius 1 is 1.32 bits per heavy atom. The highest BCUT2D eigenvalue weighted by atomic mass is 16.1. The Bertz CT molecular complexity index is 453. The summed E-state index contributed by atoms with van der Waals surface area (Å²) in [5, 5.41) is 2.94. The van der Waals surface area contributed by atoms with Gasteiger partial charge in [0, 0.05) is 25.2 Å². The van der Waals surface area contributed by atoms with Gasteiger partial charge in [0.1, 0.15) is 11.6 Å². The fraction of sp³-hybridized carbons (Fsp3) is 0.643. The first kappa shape index (κ1) is 12.4. The van der Waals surface area contributed by atoms with Crippen LogP contribution in [0.15, 0.2) is 12.3 Å². The van der Waals surface area contributed by atoms with Crippen molar-refractivity contribution >= 4 is 11.7 Å². The summed E-state index contributed by atoms with van der Waals surface area (Å²) in [4.78, 5) is 22.8. The van der Waals surface area contributed by atoms with Crippen LogP contribution >= 0.6 is 0 Å². The van der Waals surface area contributed by atoms with E-state index in [-0.39, 0.29) is 11.8 Å². The summed E-state index contributed by atoms with van der Waals surface area (Å²) in [7, 11) is 0. The van der Waals surface area contributed by atoms with Crippen molar-refractivity contribution < 1.29 is 4.79 Å². The van der Waals surface area contributed by atoms with Crippen molar-refractivity contribution in [2.75, 3.05) is 18.0 Å². The molecule has 2 fully saturated rings. The molecule has 1 aromatic heterocycles. The van der Waals surface area contributed by atoms with Gasteiger partial charge in [-0.3, -0.25) is 4.79 Å². The molecule has 1 aliphatic carbocycles. The molecule has 1 saturated carbocycles. The molecule has 0 radical (unpaired) electrons. The Morgan fingerprint density at radius 3 is 2.79 bits per heavy atom. The SMILES string of the molecule is O=C(NCc1nccc(N2CCCC2)n1)C1CCC1. The lowest BCUT2D eigenvalue weighted by molar-refractivity contribution is -0.127. The third-order valence-electron chi connectivity index (χ3n) is 4.02. The van der Waals surface area contributed by atoms with Gasteiger partial charge in [0.2, 0.25) is 5.91 Å². The van der Waals surface area contributed by atoms with E-state index in [1.165, 1.54) is 19.3 Å². The van der Waals surface area contributed by atoms with E-state index in [0.717, 1.165) is 31.7 Å². The summed E-state index contributed by atoms with van der Waals surface area (Å²) >= 11 is 0. The summed E-state index contributed by atoms with van der Waals surface area (Å²) < 4.78 is 0. The first-order valence-electron chi connectivity index (χ1n) is 7.17. The molecule has 1 aliphatic heterocycles. The molecule has 102 valence electrons. The highest BCUT2D eigenvalue weighted by molar-refractivity contribution is 5.79. The minimum atomic E-state index is 0.154. The molecule has 1 amide bonds. The molecule has 5 nitrogen and oxygen atoms in total. The molecule has 0 spiro atoms. The fourth-order valence-electron chi connectivity index (χ4n) is 2.58. The molecule has 0 unspecified atom stereocenters. The van der Waals surface area contributed by atoms with Gasteiger partial charge < -0.3 is 10.2 Å². The fourth-order valence-corrected chi connectivity index (χ4v) is 2.58. The van der Waals surface area contributed by atoms with Crippen molar-refractivity contribution in [1.82, 2.24) is 15.3 Å². The van der Waals surface area contributed by atoms with Crippen LogP contribution in [-0.4, -0.2) is 29.0 Å². The second-order valence-electron chi connectivity index (χ2n) is 5.37. The molecule has 1 saturated heterocycles. The van der Waals surface area contributed by atoms with Crippen LogP contribution in [0.3, 0.4) is 0 Å². The first-order chi connectivity index (χ1) is 9.33. The second kappa shape index (κ2) is 5.55. The van der Waals surface area contributed by atoms with Gasteiger partial charge in [-0.05, 0) is 31.7 Å². The highest BCUT2D eigenvalue weighted by Gasteiger charge is 2.25. The molecule has 1 N–H and O–H groups in total. The number of carbonyl (C=O) groups excluding carboxylic acids is 1. The van der Waals surface area contributed by atoms with E-state index in [1.807, 2.05) is 6.07 Å². The quantitative estimate of drug-likeness (QED) is 0.891. The molecule has 0 aromatic carbocycles. The van der Waals surface area contributed by atoms with E-state index in [2.05, 4.69) is 20.2 Å². The zero-order chi connectivity index (χ0) is 13.1. The monoisotopic (exact) mass is 260 g/mol. The average molecular weight is 260 g/mol. The minimum absolute atomic E-state index is 0.154. The second-order valence-corrected chi connectivity index (χ2v) is 5.37. The number of carbonyl (C=O) groups is 1. The summed E-state index contributed by atoms with van der Waals surface area (Å²) in [6, 6.07) is 1.95. The lowest BCUT2D eigenvalue weighted by atomic mass is 9.85. The van der Waals surface area contributed by atoms with Gasteiger partial charge in [0.15, 0.2) is 0 Å². The summed E-state index contributed by atoms with van der Waals surface area (Å²) in [5.74, 6) is 2.07. The average Bonchev–Trinajstić information content (AvgIpc) is 2.88. The third kappa shape index (κ3) is 2.85. The summed E-state index contributed by atoms with van der Waals surface area (Å²) in [5.41, 5.74) is 0. The molecular weight excluding hydrogens is 240 g/mol. The molecule has 2 heterocycles. The zero-order valence-corrected chi connectivity index (χ0v) is 11.1. The van der Waals surface area contributed by atoms with E-state index in [4.69, 9.17) is 0 Å².